The third-order valence-corrected chi connectivity index (χ3v) is 7.73. The molecule has 1 aliphatic heterocycles. The molecule has 1 saturated carbocycles. The summed E-state index contributed by atoms with van der Waals surface area (Å²) in [6, 6.07) is 4.62. The number of hydrogen-bond acceptors (Lipinski definition) is 5. The number of amides is 2. The van der Waals surface area contributed by atoms with E-state index in [2.05, 4.69) is 5.32 Å². The molecule has 2 amide bonds. The summed E-state index contributed by atoms with van der Waals surface area (Å²) in [4.78, 5) is 26.1. The summed E-state index contributed by atoms with van der Waals surface area (Å²) in [6.07, 6.45) is 5.52. The predicted octanol–water partition coefficient (Wildman–Crippen LogP) is 2.13. The molecule has 0 spiro atoms. The van der Waals surface area contributed by atoms with Gasteiger partial charge in [-0.15, -0.1) is 0 Å². The van der Waals surface area contributed by atoms with E-state index in [0.29, 0.717) is 18.7 Å². The van der Waals surface area contributed by atoms with Gasteiger partial charge >= 0.3 is 12.0 Å². The highest BCUT2D eigenvalue weighted by atomic mass is 32.2. The molecule has 0 unspecified atom stereocenters. The van der Waals surface area contributed by atoms with Crippen molar-refractivity contribution in [2.75, 3.05) is 33.3 Å². The Morgan fingerprint density at radius 1 is 1.07 bits per heavy atom. The molecular formula is C20H29N3O5S. The lowest BCUT2D eigenvalue weighted by Crippen LogP contribution is -2.54. The predicted molar refractivity (Wildman–Crippen MR) is 108 cm³/mol. The fourth-order valence-electron chi connectivity index (χ4n) is 3.91. The Kier molecular flexibility index (Phi) is 6.79. The molecular weight excluding hydrogens is 394 g/mol. The van der Waals surface area contributed by atoms with E-state index in [0.717, 1.165) is 25.7 Å². The van der Waals surface area contributed by atoms with Crippen LogP contribution in [0.1, 0.15) is 48.0 Å². The van der Waals surface area contributed by atoms with Crippen LogP contribution < -0.4 is 5.32 Å². The molecule has 0 bridgehead atoms. The molecule has 1 N–H and O–H groups in total. The number of urea groups is 1. The maximum Gasteiger partial charge on any atom is 0.337 e. The molecule has 1 saturated heterocycles. The van der Waals surface area contributed by atoms with Crippen LogP contribution in [0, 0.1) is 6.92 Å². The number of methoxy groups -OCH3 is 1. The highest BCUT2D eigenvalue weighted by molar-refractivity contribution is 7.89. The van der Waals surface area contributed by atoms with Gasteiger partial charge in [0.1, 0.15) is 0 Å². The summed E-state index contributed by atoms with van der Waals surface area (Å²) in [7, 11) is -2.51. The average molecular weight is 424 g/mol. The van der Waals surface area contributed by atoms with E-state index < -0.39 is 16.0 Å². The molecule has 1 aromatic rings. The number of benzene rings is 1. The molecule has 9 heteroatoms. The smallest absolute Gasteiger partial charge is 0.337 e. The van der Waals surface area contributed by atoms with Gasteiger partial charge in [0.2, 0.25) is 10.0 Å². The number of carbonyl (C=O) groups excluding carboxylic acids is 2. The Morgan fingerprint density at radius 2 is 1.72 bits per heavy atom. The molecule has 29 heavy (non-hydrogen) atoms. The maximum absolute atomic E-state index is 13.1. The molecule has 0 radical (unpaired) electrons. The average Bonchev–Trinajstić information content (AvgIpc) is 2.74. The molecule has 8 nitrogen and oxygen atoms in total. The van der Waals surface area contributed by atoms with Gasteiger partial charge in [0.05, 0.1) is 17.6 Å². The van der Waals surface area contributed by atoms with Gasteiger partial charge in [0.15, 0.2) is 0 Å². The first kappa shape index (κ1) is 21.6. The minimum Gasteiger partial charge on any atom is -0.465 e. The summed E-state index contributed by atoms with van der Waals surface area (Å²) in [6.45, 7) is 2.83. The summed E-state index contributed by atoms with van der Waals surface area (Å²) in [5.41, 5.74) is 0.761. The van der Waals surface area contributed by atoms with Gasteiger partial charge in [0, 0.05) is 32.2 Å². The van der Waals surface area contributed by atoms with Crippen molar-refractivity contribution in [1.29, 1.82) is 0 Å². The zero-order valence-electron chi connectivity index (χ0n) is 17.0. The van der Waals surface area contributed by atoms with Gasteiger partial charge in [-0.2, -0.15) is 4.31 Å². The van der Waals surface area contributed by atoms with Gasteiger partial charge in [-0.1, -0.05) is 25.3 Å². The number of nitrogens with zero attached hydrogens (tertiary/aromatic N) is 2. The van der Waals surface area contributed by atoms with Crippen LogP contribution in [-0.4, -0.2) is 69.0 Å². The minimum atomic E-state index is -3.77. The van der Waals surface area contributed by atoms with E-state index >= 15 is 0 Å². The van der Waals surface area contributed by atoms with Crippen LogP contribution in [-0.2, 0) is 14.8 Å². The first-order chi connectivity index (χ1) is 13.8. The molecule has 0 atom stereocenters. The van der Waals surface area contributed by atoms with E-state index in [4.69, 9.17) is 4.74 Å². The molecule has 1 heterocycles. The fourth-order valence-corrected chi connectivity index (χ4v) is 5.58. The van der Waals surface area contributed by atoms with Crippen molar-refractivity contribution in [3.8, 4) is 0 Å². The summed E-state index contributed by atoms with van der Waals surface area (Å²) in [5, 5.41) is 3.08. The van der Waals surface area contributed by atoms with E-state index in [9.17, 15) is 18.0 Å². The van der Waals surface area contributed by atoms with Crippen LogP contribution in [0.2, 0.25) is 0 Å². The molecule has 2 fully saturated rings. The normalized spacial score (nSPS) is 19.0. The monoisotopic (exact) mass is 423 g/mol. The van der Waals surface area contributed by atoms with Gasteiger partial charge < -0.3 is 15.0 Å². The Morgan fingerprint density at radius 3 is 2.34 bits per heavy atom. The second-order valence-electron chi connectivity index (χ2n) is 7.65. The zero-order valence-corrected chi connectivity index (χ0v) is 17.8. The topological polar surface area (TPSA) is 96.0 Å². The standard InChI is InChI=1S/C20H29N3O5S/c1-15-8-9-16(19(24)28-2)14-18(15)29(26,27)23-12-10-22(11-13-23)20(25)21-17-6-4-3-5-7-17/h8-9,14,17H,3-7,10-13H2,1-2H3,(H,21,25). The van der Waals surface area contributed by atoms with Crippen molar-refractivity contribution in [3.63, 3.8) is 0 Å². The number of rotatable bonds is 4. The van der Waals surface area contributed by atoms with Crippen molar-refractivity contribution in [1.82, 2.24) is 14.5 Å². The van der Waals surface area contributed by atoms with Gasteiger partial charge in [-0.25, -0.2) is 18.0 Å². The number of sulfonamides is 1. The third kappa shape index (κ3) is 4.90. The Balaban J connectivity index is 1.65. The lowest BCUT2D eigenvalue weighted by molar-refractivity contribution is 0.0600. The molecule has 1 aliphatic carbocycles. The zero-order chi connectivity index (χ0) is 21.0. The highest BCUT2D eigenvalue weighted by Gasteiger charge is 2.32. The Bertz CT molecular complexity index is 857. The van der Waals surface area contributed by atoms with E-state index in [-0.39, 0.29) is 35.6 Å². The number of carbonyl (C=O) groups is 2. The van der Waals surface area contributed by atoms with Crippen molar-refractivity contribution in [2.45, 2.75) is 50.0 Å². The van der Waals surface area contributed by atoms with Crippen LogP contribution >= 0.6 is 0 Å². The van der Waals surface area contributed by atoms with Crippen molar-refractivity contribution in [2.24, 2.45) is 0 Å². The van der Waals surface area contributed by atoms with Gasteiger partial charge in [-0.05, 0) is 37.5 Å². The summed E-state index contributed by atoms with van der Waals surface area (Å²) in [5.74, 6) is -0.578. The van der Waals surface area contributed by atoms with Gasteiger partial charge in [0.25, 0.3) is 0 Å². The Hall–Kier alpha value is -2.13. The van der Waals surface area contributed by atoms with E-state index in [1.807, 2.05) is 0 Å². The number of ether oxygens (including phenoxy) is 1. The molecule has 0 aromatic heterocycles. The quantitative estimate of drug-likeness (QED) is 0.749. The summed E-state index contributed by atoms with van der Waals surface area (Å²) < 4.78 is 32.3. The van der Waals surface area contributed by atoms with Crippen molar-refractivity contribution < 1.29 is 22.7 Å². The number of aryl methyl sites for hydroxylation is 1. The maximum atomic E-state index is 13.1. The highest BCUT2D eigenvalue weighted by Crippen LogP contribution is 2.23. The van der Waals surface area contributed by atoms with Crippen LogP contribution in [0.4, 0.5) is 4.79 Å². The first-order valence-electron chi connectivity index (χ1n) is 10.1. The van der Waals surface area contributed by atoms with E-state index in [1.54, 1.807) is 24.0 Å². The van der Waals surface area contributed by atoms with Crippen LogP contribution in [0.15, 0.2) is 23.1 Å². The Labute approximate surface area is 172 Å². The lowest BCUT2D eigenvalue weighted by atomic mass is 9.96. The lowest BCUT2D eigenvalue weighted by Gasteiger charge is -2.35. The molecule has 2 aliphatic rings. The van der Waals surface area contributed by atoms with E-state index in [1.165, 1.54) is 23.9 Å². The molecule has 1 aromatic carbocycles. The second-order valence-corrected chi connectivity index (χ2v) is 9.55. The van der Waals surface area contributed by atoms with Crippen molar-refractivity contribution in [3.05, 3.63) is 29.3 Å². The number of hydrogen-bond donors (Lipinski definition) is 1. The van der Waals surface area contributed by atoms with Crippen LogP contribution in [0.5, 0.6) is 0 Å². The van der Waals surface area contributed by atoms with Crippen LogP contribution in [0.25, 0.3) is 0 Å². The molecule has 3 rings (SSSR count). The number of nitrogens with one attached hydrogen (secondary N) is 1. The largest absolute Gasteiger partial charge is 0.465 e. The second kappa shape index (κ2) is 9.13. The minimum absolute atomic E-state index is 0.0977. The van der Waals surface area contributed by atoms with Crippen molar-refractivity contribution >= 4 is 22.0 Å². The van der Waals surface area contributed by atoms with Gasteiger partial charge in [-0.3, -0.25) is 0 Å². The summed E-state index contributed by atoms with van der Waals surface area (Å²) >= 11 is 0. The molecule has 160 valence electrons. The van der Waals surface area contributed by atoms with Crippen LogP contribution in [0.3, 0.4) is 0 Å². The first-order valence-corrected chi connectivity index (χ1v) is 11.5. The third-order valence-electron chi connectivity index (χ3n) is 5.69. The number of esters is 1. The SMILES string of the molecule is COC(=O)c1ccc(C)c(S(=O)(=O)N2CCN(C(=O)NC3CCCCC3)CC2)c1. The fraction of sp³-hybridized carbons (Fsp3) is 0.600. The number of piperazine rings is 1.